The summed E-state index contributed by atoms with van der Waals surface area (Å²) in [6.45, 7) is 8.12. The number of rotatable bonds is 3. The van der Waals surface area contributed by atoms with Gasteiger partial charge in [-0.1, -0.05) is 46.2 Å². The first-order valence-corrected chi connectivity index (χ1v) is 8.93. The number of sulfone groups is 1. The van der Waals surface area contributed by atoms with Crippen molar-refractivity contribution in [3.63, 3.8) is 0 Å². The fourth-order valence-electron chi connectivity index (χ4n) is 2.66. The summed E-state index contributed by atoms with van der Waals surface area (Å²) in [5, 5.41) is -0.171. The highest BCUT2D eigenvalue weighted by Gasteiger charge is 2.35. The average molecular weight is 282 g/mol. The summed E-state index contributed by atoms with van der Waals surface area (Å²) in [6, 6.07) is 7.37. The van der Waals surface area contributed by atoms with E-state index in [4.69, 9.17) is 0 Å². The summed E-state index contributed by atoms with van der Waals surface area (Å²) in [5.74, 6) is 0.297. The SMILES string of the molecule is CC.CCc1ccc(S(=O)(=O)C2CCCC2C)cc1. The lowest BCUT2D eigenvalue weighted by atomic mass is 10.1. The lowest BCUT2D eigenvalue weighted by molar-refractivity contribution is 0.545. The molecule has 1 aromatic carbocycles. The Labute approximate surface area is 118 Å². The monoisotopic (exact) mass is 282 g/mol. The number of benzene rings is 1. The molecule has 0 aromatic heterocycles. The smallest absolute Gasteiger partial charge is 0.181 e. The van der Waals surface area contributed by atoms with Gasteiger partial charge in [-0.05, 0) is 42.9 Å². The molecular formula is C16H26O2S. The van der Waals surface area contributed by atoms with Crippen LogP contribution in [0, 0.1) is 5.92 Å². The maximum atomic E-state index is 12.4. The Morgan fingerprint density at radius 3 is 2.11 bits per heavy atom. The van der Waals surface area contributed by atoms with Gasteiger partial charge in [-0.2, -0.15) is 0 Å². The Morgan fingerprint density at radius 1 is 1.11 bits per heavy atom. The Bertz CT molecular complexity index is 474. The minimum Gasteiger partial charge on any atom is -0.223 e. The zero-order chi connectivity index (χ0) is 14.5. The predicted molar refractivity (Wildman–Crippen MR) is 81.2 cm³/mol. The van der Waals surface area contributed by atoms with E-state index < -0.39 is 9.84 Å². The molecule has 0 saturated heterocycles. The topological polar surface area (TPSA) is 34.1 Å². The van der Waals surface area contributed by atoms with Gasteiger partial charge in [-0.25, -0.2) is 8.42 Å². The van der Waals surface area contributed by atoms with Crippen LogP contribution in [0.15, 0.2) is 29.2 Å². The molecule has 0 N–H and O–H groups in total. The van der Waals surface area contributed by atoms with E-state index in [-0.39, 0.29) is 5.25 Å². The molecule has 2 unspecified atom stereocenters. The Hall–Kier alpha value is -0.830. The lowest BCUT2D eigenvalue weighted by Crippen LogP contribution is -2.23. The molecule has 108 valence electrons. The minimum absolute atomic E-state index is 0.171. The van der Waals surface area contributed by atoms with Crippen LogP contribution in [0.2, 0.25) is 0 Å². The van der Waals surface area contributed by atoms with Gasteiger partial charge in [0.15, 0.2) is 9.84 Å². The molecule has 0 aliphatic heterocycles. The van der Waals surface area contributed by atoms with E-state index in [0.717, 1.165) is 25.7 Å². The van der Waals surface area contributed by atoms with Gasteiger partial charge >= 0.3 is 0 Å². The molecule has 19 heavy (non-hydrogen) atoms. The molecule has 0 heterocycles. The second kappa shape index (κ2) is 7.09. The van der Waals surface area contributed by atoms with Crippen molar-refractivity contribution in [1.29, 1.82) is 0 Å². The zero-order valence-corrected chi connectivity index (χ0v) is 13.3. The molecule has 0 bridgehead atoms. The van der Waals surface area contributed by atoms with Crippen molar-refractivity contribution in [2.45, 2.75) is 63.5 Å². The number of hydrogen-bond donors (Lipinski definition) is 0. The molecule has 3 heteroatoms. The van der Waals surface area contributed by atoms with E-state index in [9.17, 15) is 8.42 Å². The summed E-state index contributed by atoms with van der Waals surface area (Å²) in [5.41, 5.74) is 1.18. The molecule has 1 fully saturated rings. The summed E-state index contributed by atoms with van der Waals surface area (Å²) < 4.78 is 24.9. The lowest BCUT2D eigenvalue weighted by Gasteiger charge is -2.16. The van der Waals surface area contributed by atoms with E-state index in [1.807, 2.05) is 26.0 Å². The number of hydrogen-bond acceptors (Lipinski definition) is 2. The van der Waals surface area contributed by atoms with Crippen LogP contribution in [-0.4, -0.2) is 13.7 Å². The third-order valence-corrected chi connectivity index (χ3v) is 6.27. The molecule has 1 aliphatic rings. The van der Waals surface area contributed by atoms with Crippen molar-refractivity contribution in [2.24, 2.45) is 5.92 Å². The maximum absolute atomic E-state index is 12.4. The van der Waals surface area contributed by atoms with Crippen molar-refractivity contribution in [2.75, 3.05) is 0 Å². The van der Waals surface area contributed by atoms with Crippen LogP contribution in [0.5, 0.6) is 0 Å². The number of aryl methyl sites for hydroxylation is 1. The fraction of sp³-hybridized carbons (Fsp3) is 0.625. The molecule has 0 spiro atoms. The second-order valence-electron chi connectivity index (χ2n) is 4.99. The van der Waals surface area contributed by atoms with Gasteiger partial charge in [0.2, 0.25) is 0 Å². The maximum Gasteiger partial charge on any atom is 0.181 e. The van der Waals surface area contributed by atoms with Crippen LogP contribution in [0.1, 0.15) is 52.5 Å². The zero-order valence-electron chi connectivity index (χ0n) is 12.5. The van der Waals surface area contributed by atoms with Crippen molar-refractivity contribution in [3.8, 4) is 0 Å². The van der Waals surface area contributed by atoms with E-state index in [1.165, 1.54) is 5.56 Å². The van der Waals surface area contributed by atoms with Crippen LogP contribution in [0.3, 0.4) is 0 Å². The average Bonchev–Trinajstić information content (AvgIpc) is 2.88. The van der Waals surface area contributed by atoms with E-state index >= 15 is 0 Å². The largest absolute Gasteiger partial charge is 0.223 e. The first-order chi connectivity index (χ1) is 9.05. The van der Waals surface area contributed by atoms with Crippen LogP contribution in [0.25, 0.3) is 0 Å². The standard InChI is InChI=1S/C14H20O2S.C2H6/c1-3-12-7-9-13(10-8-12)17(15,16)14-6-4-5-11(14)2;1-2/h7-11,14H,3-6H2,1-2H3;1-2H3. The molecule has 1 aliphatic carbocycles. The summed E-state index contributed by atoms with van der Waals surface area (Å²) in [7, 11) is -3.11. The first kappa shape index (κ1) is 16.2. The van der Waals surface area contributed by atoms with Gasteiger partial charge in [0, 0.05) is 0 Å². The molecule has 2 atom stereocenters. The first-order valence-electron chi connectivity index (χ1n) is 7.38. The third-order valence-electron chi connectivity index (χ3n) is 3.84. The second-order valence-corrected chi connectivity index (χ2v) is 7.16. The van der Waals surface area contributed by atoms with Crippen LogP contribution in [0.4, 0.5) is 0 Å². The molecule has 0 radical (unpaired) electrons. The van der Waals surface area contributed by atoms with Gasteiger partial charge in [-0.3, -0.25) is 0 Å². The van der Waals surface area contributed by atoms with Gasteiger partial charge in [0.05, 0.1) is 10.1 Å². The van der Waals surface area contributed by atoms with Crippen molar-refractivity contribution < 1.29 is 8.42 Å². The van der Waals surface area contributed by atoms with Gasteiger partial charge in [0.25, 0.3) is 0 Å². The quantitative estimate of drug-likeness (QED) is 0.831. The molecule has 1 saturated carbocycles. The summed E-state index contributed by atoms with van der Waals surface area (Å²) in [6.07, 6.45) is 3.84. The highest BCUT2D eigenvalue weighted by molar-refractivity contribution is 7.92. The molecule has 2 rings (SSSR count). The molecule has 2 nitrogen and oxygen atoms in total. The van der Waals surface area contributed by atoms with E-state index in [2.05, 4.69) is 13.8 Å². The Kier molecular flexibility index (Phi) is 6.05. The predicted octanol–water partition coefficient (Wildman–Crippen LogP) is 4.24. The van der Waals surface area contributed by atoms with Gasteiger partial charge < -0.3 is 0 Å². The minimum atomic E-state index is -3.11. The van der Waals surface area contributed by atoms with E-state index in [0.29, 0.717) is 10.8 Å². The van der Waals surface area contributed by atoms with Crippen LogP contribution >= 0.6 is 0 Å². The fourth-order valence-corrected chi connectivity index (χ4v) is 4.75. The van der Waals surface area contributed by atoms with Crippen molar-refractivity contribution in [1.82, 2.24) is 0 Å². The summed E-state index contributed by atoms with van der Waals surface area (Å²) >= 11 is 0. The highest BCUT2D eigenvalue weighted by atomic mass is 32.2. The van der Waals surface area contributed by atoms with Crippen molar-refractivity contribution >= 4 is 9.84 Å². The normalized spacial score (nSPS) is 22.7. The summed E-state index contributed by atoms with van der Waals surface area (Å²) in [4.78, 5) is 0.494. The van der Waals surface area contributed by atoms with Crippen LogP contribution in [-0.2, 0) is 16.3 Å². The molecule has 0 amide bonds. The molecular weight excluding hydrogens is 256 g/mol. The Balaban J connectivity index is 0.000000861. The van der Waals surface area contributed by atoms with E-state index in [1.54, 1.807) is 12.1 Å². The van der Waals surface area contributed by atoms with Crippen LogP contribution < -0.4 is 0 Å². The third kappa shape index (κ3) is 3.59. The highest BCUT2D eigenvalue weighted by Crippen LogP contribution is 2.34. The molecule has 1 aromatic rings. The van der Waals surface area contributed by atoms with Crippen molar-refractivity contribution in [3.05, 3.63) is 29.8 Å². The Morgan fingerprint density at radius 2 is 1.68 bits per heavy atom. The van der Waals surface area contributed by atoms with Gasteiger partial charge in [0.1, 0.15) is 0 Å². The van der Waals surface area contributed by atoms with Gasteiger partial charge in [-0.15, -0.1) is 0 Å².